The third-order valence-electron chi connectivity index (χ3n) is 3.17. The predicted molar refractivity (Wildman–Crippen MR) is 76.4 cm³/mol. The highest BCUT2D eigenvalue weighted by molar-refractivity contribution is 5.94. The van der Waals surface area contributed by atoms with E-state index in [0.29, 0.717) is 12.1 Å². The molecule has 0 radical (unpaired) electrons. The summed E-state index contributed by atoms with van der Waals surface area (Å²) in [4.78, 5) is 11.7. The number of anilines is 1. The molecule has 1 aromatic carbocycles. The standard InChI is InChI=1S/C15H20N2O2/c1-3-8-16-14(18)12-4-6-13(7-5-12)17-9-15(2)10-19-11-15/h3-7,17H,1,8-11H2,2H3,(H,16,18). The molecule has 2 N–H and O–H groups in total. The van der Waals surface area contributed by atoms with Gasteiger partial charge in [0.15, 0.2) is 0 Å². The van der Waals surface area contributed by atoms with Crippen molar-refractivity contribution in [2.24, 2.45) is 5.41 Å². The zero-order valence-electron chi connectivity index (χ0n) is 11.2. The Hall–Kier alpha value is -1.81. The van der Waals surface area contributed by atoms with Crippen LogP contribution in [0.4, 0.5) is 5.69 Å². The third kappa shape index (κ3) is 3.58. The first-order valence-electron chi connectivity index (χ1n) is 6.44. The third-order valence-corrected chi connectivity index (χ3v) is 3.17. The van der Waals surface area contributed by atoms with Crippen LogP contribution in [0.3, 0.4) is 0 Å². The molecule has 0 atom stereocenters. The van der Waals surface area contributed by atoms with Gasteiger partial charge >= 0.3 is 0 Å². The largest absolute Gasteiger partial charge is 0.384 e. The van der Waals surface area contributed by atoms with Crippen LogP contribution in [0.5, 0.6) is 0 Å². The molecule has 19 heavy (non-hydrogen) atoms. The molecular weight excluding hydrogens is 240 g/mol. The van der Waals surface area contributed by atoms with Gasteiger partial charge in [0.25, 0.3) is 5.91 Å². The molecule has 0 unspecified atom stereocenters. The minimum Gasteiger partial charge on any atom is -0.384 e. The number of rotatable bonds is 6. The minimum atomic E-state index is -0.0780. The van der Waals surface area contributed by atoms with Gasteiger partial charge in [-0.3, -0.25) is 4.79 Å². The van der Waals surface area contributed by atoms with Crippen LogP contribution >= 0.6 is 0 Å². The van der Waals surface area contributed by atoms with Gasteiger partial charge in [0.2, 0.25) is 0 Å². The van der Waals surface area contributed by atoms with E-state index in [1.807, 2.05) is 24.3 Å². The Balaban J connectivity index is 1.87. The fraction of sp³-hybridized carbons (Fsp3) is 0.400. The molecule has 4 nitrogen and oxygen atoms in total. The Morgan fingerprint density at radius 2 is 2.11 bits per heavy atom. The Labute approximate surface area is 113 Å². The van der Waals surface area contributed by atoms with Crippen LogP contribution in [0, 0.1) is 5.41 Å². The number of benzene rings is 1. The molecular formula is C15H20N2O2. The summed E-state index contributed by atoms with van der Waals surface area (Å²) in [5, 5.41) is 6.12. The molecule has 0 saturated carbocycles. The van der Waals surface area contributed by atoms with Crippen molar-refractivity contribution < 1.29 is 9.53 Å². The summed E-state index contributed by atoms with van der Waals surface area (Å²) in [5.74, 6) is -0.0780. The van der Waals surface area contributed by atoms with E-state index < -0.39 is 0 Å². The SMILES string of the molecule is C=CCNC(=O)c1ccc(NCC2(C)COC2)cc1. The van der Waals surface area contributed by atoms with Crippen molar-refractivity contribution in [3.05, 3.63) is 42.5 Å². The van der Waals surface area contributed by atoms with Crippen molar-refractivity contribution >= 4 is 11.6 Å². The fourth-order valence-electron chi connectivity index (χ4n) is 1.87. The number of carbonyl (C=O) groups excluding carboxylic acids is 1. The topological polar surface area (TPSA) is 50.4 Å². The van der Waals surface area contributed by atoms with Crippen molar-refractivity contribution in [2.45, 2.75) is 6.92 Å². The quantitative estimate of drug-likeness (QED) is 0.770. The second-order valence-electron chi connectivity index (χ2n) is 5.23. The molecule has 0 spiro atoms. The maximum absolute atomic E-state index is 11.7. The summed E-state index contributed by atoms with van der Waals surface area (Å²) in [6.07, 6.45) is 1.66. The molecule has 102 valence electrons. The molecule has 2 rings (SSSR count). The molecule has 1 aromatic rings. The van der Waals surface area contributed by atoms with Crippen molar-refractivity contribution in [3.63, 3.8) is 0 Å². The minimum absolute atomic E-state index is 0.0780. The normalized spacial score (nSPS) is 16.3. The lowest BCUT2D eigenvalue weighted by atomic mass is 9.89. The van der Waals surface area contributed by atoms with Crippen LogP contribution in [0.15, 0.2) is 36.9 Å². The van der Waals surface area contributed by atoms with Crippen LogP contribution in [-0.4, -0.2) is 32.2 Å². The first kappa shape index (κ1) is 13.6. The molecule has 1 amide bonds. The number of amides is 1. The highest BCUT2D eigenvalue weighted by atomic mass is 16.5. The van der Waals surface area contributed by atoms with Gasteiger partial charge in [-0.2, -0.15) is 0 Å². The van der Waals surface area contributed by atoms with Gasteiger partial charge in [0.05, 0.1) is 13.2 Å². The molecule has 1 aliphatic rings. The van der Waals surface area contributed by atoms with E-state index >= 15 is 0 Å². The number of nitrogens with one attached hydrogen (secondary N) is 2. The van der Waals surface area contributed by atoms with Gasteiger partial charge in [-0.15, -0.1) is 6.58 Å². The van der Waals surface area contributed by atoms with E-state index in [2.05, 4.69) is 24.1 Å². The van der Waals surface area contributed by atoms with Crippen LogP contribution in [0.25, 0.3) is 0 Å². The molecule has 1 heterocycles. The summed E-state index contributed by atoms with van der Waals surface area (Å²) < 4.78 is 5.21. The Morgan fingerprint density at radius 1 is 1.42 bits per heavy atom. The molecule has 0 aromatic heterocycles. The summed E-state index contributed by atoms with van der Waals surface area (Å²) in [6, 6.07) is 7.48. The summed E-state index contributed by atoms with van der Waals surface area (Å²) in [6.45, 7) is 8.74. The van der Waals surface area contributed by atoms with E-state index in [-0.39, 0.29) is 11.3 Å². The lowest BCUT2D eigenvalue weighted by Crippen LogP contribution is -2.45. The summed E-state index contributed by atoms with van der Waals surface area (Å²) >= 11 is 0. The van der Waals surface area contributed by atoms with Gasteiger partial charge in [0.1, 0.15) is 0 Å². The highest BCUT2D eigenvalue weighted by Crippen LogP contribution is 2.26. The number of hydrogen-bond acceptors (Lipinski definition) is 3. The number of ether oxygens (including phenoxy) is 1. The highest BCUT2D eigenvalue weighted by Gasteiger charge is 2.32. The maximum atomic E-state index is 11.7. The van der Waals surface area contributed by atoms with Crippen LogP contribution in [0.2, 0.25) is 0 Å². The van der Waals surface area contributed by atoms with E-state index in [9.17, 15) is 4.79 Å². The van der Waals surface area contributed by atoms with E-state index in [0.717, 1.165) is 25.4 Å². The molecule has 0 aliphatic carbocycles. The first-order valence-corrected chi connectivity index (χ1v) is 6.44. The summed E-state index contributed by atoms with van der Waals surface area (Å²) in [5.41, 5.74) is 1.92. The van der Waals surface area contributed by atoms with Gasteiger partial charge in [-0.25, -0.2) is 0 Å². The van der Waals surface area contributed by atoms with Crippen molar-refractivity contribution in [1.29, 1.82) is 0 Å². The lowest BCUT2D eigenvalue weighted by molar-refractivity contribution is -0.0924. The number of carbonyl (C=O) groups is 1. The second kappa shape index (κ2) is 5.89. The van der Waals surface area contributed by atoms with E-state index in [4.69, 9.17) is 4.74 Å². The van der Waals surface area contributed by atoms with Gasteiger partial charge < -0.3 is 15.4 Å². The fourth-order valence-corrected chi connectivity index (χ4v) is 1.87. The Morgan fingerprint density at radius 3 is 2.63 bits per heavy atom. The molecule has 1 fully saturated rings. The molecule has 0 bridgehead atoms. The van der Waals surface area contributed by atoms with Crippen LogP contribution in [0.1, 0.15) is 17.3 Å². The van der Waals surface area contributed by atoms with Gasteiger partial charge in [0, 0.05) is 29.8 Å². The zero-order chi connectivity index (χ0) is 13.7. The molecule has 1 saturated heterocycles. The average molecular weight is 260 g/mol. The monoisotopic (exact) mass is 260 g/mol. The van der Waals surface area contributed by atoms with Gasteiger partial charge in [-0.05, 0) is 24.3 Å². The van der Waals surface area contributed by atoms with Gasteiger partial charge in [-0.1, -0.05) is 13.0 Å². The van der Waals surface area contributed by atoms with Crippen LogP contribution < -0.4 is 10.6 Å². The molecule has 1 aliphatic heterocycles. The molecule has 4 heteroatoms. The number of hydrogen-bond donors (Lipinski definition) is 2. The second-order valence-corrected chi connectivity index (χ2v) is 5.23. The van der Waals surface area contributed by atoms with Crippen molar-refractivity contribution in [3.8, 4) is 0 Å². The maximum Gasteiger partial charge on any atom is 0.251 e. The first-order chi connectivity index (χ1) is 9.13. The smallest absolute Gasteiger partial charge is 0.251 e. The predicted octanol–water partition coefficient (Wildman–Crippen LogP) is 2.05. The average Bonchev–Trinajstić information content (AvgIpc) is 2.41. The lowest BCUT2D eigenvalue weighted by Gasteiger charge is -2.38. The Bertz CT molecular complexity index is 450. The summed E-state index contributed by atoms with van der Waals surface area (Å²) in [7, 11) is 0. The zero-order valence-corrected chi connectivity index (χ0v) is 11.2. The Kier molecular flexibility index (Phi) is 4.22. The van der Waals surface area contributed by atoms with Crippen molar-refractivity contribution in [1.82, 2.24) is 5.32 Å². The van der Waals surface area contributed by atoms with Crippen molar-refractivity contribution in [2.75, 3.05) is 31.6 Å². The van der Waals surface area contributed by atoms with E-state index in [1.165, 1.54) is 0 Å². The van der Waals surface area contributed by atoms with Crippen LogP contribution in [-0.2, 0) is 4.74 Å². The van der Waals surface area contributed by atoms with E-state index in [1.54, 1.807) is 6.08 Å².